The van der Waals surface area contributed by atoms with E-state index in [-0.39, 0.29) is 0 Å². The molecule has 15 heavy (non-hydrogen) atoms. The highest BCUT2D eigenvalue weighted by molar-refractivity contribution is 7.99. The molecule has 0 radical (unpaired) electrons. The summed E-state index contributed by atoms with van der Waals surface area (Å²) in [5, 5.41) is 5.58. The maximum absolute atomic E-state index is 4.98. The second-order valence-electron chi connectivity index (χ2n) is 3.18. The highest BCUT2D eigenvalue weighted by Crippen LogP contribution is 2.08. The van der Waals surface area contributed by atoms with Gasteiger partial charge < -0.3 is 10.1 Å². The van der Waals surface area contributed by atoms with Crippen molar-refractivity contribution in [2.45, 2.75) is 6.42 Å². The van der Waals surface area contributed by atoms with Crippen molar-refractivity contribution in [1.29, 1.82) is 0 Å². The monoisotopic (exact) mass is 245 g/mol. The van der Waals surface area contributed by atoms with E-state index in [0.717, 1.165) is 31.9 Å². The molecule has 1 heterocycles. The third-order valence-electron chi connectivity index (χ3n) is 1.98. The van der Waals surface area contributed by atoms with Gasteiger partial charge in [0.15, 0.2) is 0 Å². The lowest BCUT2D eigenvalue weighted by atomic mass is 10.3. The quantitative estimate of drug-likeness (QED) is 0.674. The second-order valence-corrected chi connectivity index (χ2v) is 5.44. The lowest BCUT2D eigenvalue weighted by Crippen LogP contribution is -2.20. The Bertz CT molecular complexity index is 227. The van der Waals surface area contributed by atoms with Crippen molar-refractivity contribution in [2.75, 3.05) is 38.3 Å². The third-order valence-corrected chi connectivity index (χ3v) is 3.87. The molecule has 4 heteroatoms. The van der Waals surface area contributed by atoms with Crippen LogP contribution in [0.2, 0.25) is 0 Å². The Morgan fingerprint density at radius 2 is 2.33 bits per heavy atom. The summed E-state index contributed by atoms with van der Waals surface area (Å²) >= 11 is 3.78. The number of rotatable bonds is 9. The average molecular weight is 245 g/mol. The maximum Gasteiger partial charge on any atom is 0.0552 e. The summed E-state index contributed by atoms with van der Waals surface area (Å²) in [7, 11) is 1.75. The first-order valence-electron chi connectivity index (χ1n) is 5.23. The van der Waals surface area contributed by atoms with E-state index >= 15 is 0 Å². The van der Waals surface area contributed by atoms with Gasteiger partial charge in [0.2, 0.25) is 0 Å². The third kappa shape index (κ3) is 6.95. The van der Waals surface area contributed by atoms with Crippen LogP contribution in [0.1, 0.15) is 4.88 Å². The number of thioether (sulfide) groups is 1. The van der Waals surface area contributed by atoms with Crippen LogP contribution in [0.4, 0.5) is 0 Å². The van der Waals surface area contributed by atoms with Crippen molar-refractivity contribution < 1.29 is 4.74 Å². The van der Waals surface area contributed by atoms with Gasteiger partial charge in [-0.25, -0.2) is 0 Å². The molecule has 0 aliphatic heterocycles. The molecule has 0 amide bonds. The molecule has 1 aromatic rings. The highest BCUT2D eigenvalue weighted by atomic mass is 32.2. The Morgan fingerprint density at radius 1 is 1.40 bits per heavy atom. The van der Waals surface area contributed by atoms with E-state index in [1.165, 1.54) is 10.6 Å². The standard InChI is InChI=1S/C11H19NOS2/c1-13-7-10-14-9-6-12-5-4-11-3-2-8-15-11/h2-3,8,12H,4-7,9-10H2,1H3. The van der Waals surface area contributed by atoms with Crippen LogP contribution >= 0.6 is 23.1 Å². The van der Waals surface area contributed by atoms with Crippen molar-refractivity contribution in [3.05, 3.63) is 22.4 Å². The van der Waals surface area contributed by atoms with E-state index in [0.29, 0.717) is 0 Å². The summed E-state index contributed by atoms with van der Waals surface area (Å²) in [6, 6.07) is 4.31. The summed E-state index contributed by atoms with van der Waals surface area (Å²) in [6.07, 6.45) is 1.15. The van der Waals surface area contributed by atoms with Gasteiger partial charge in [-0.05, 0) is 24.4 Å². The molecule has 0 aliphatic rings. The van der Waals surface area contributed by atoms with Gasteiger partial charge in [0.1, 0.15) is 0 Å². The smallest absolute Gasteiger partial charge is 0.0552 e. The minimum atomic E-state index is 0.861. The minimum Gasteiger partial charge on any atom is -0.384 e. The number of ether oxygens (including phenoxy) is 1. The molecule has 0 aromatic carbocycles. The van der Waals surface area contributed by atoms with Crippen LogP contribution in [-0.4, -0.2) is 38.3 Å². The van der Waals surface area contributed by atoms with E-state index < -0.39 is 0 Å². The van der Waals surface area contributed by atoms with E-state index in [1.807, 2.05) is 23.1 Å². The number of thiophene rings is 1. The van der Waals surface area contributed by atoms with Crippen LogP contribution in [0.15, 0.2) is 17.5 Å². The van der Waals surface area contributed by atoms with E-state index in [9.17, 15) is 0 Å². The Morgan fingerprint density at radius 3 is 3.07 bits per heavy atom. The zero-order valence-electron chi connectivity index (χ0n) is 9.20. The fourth-order valence-electron chi connectivity index (χ4n) is 1.18. The molecule has 2 nitrogen and oxygen atoms in total. The molecular weight excluding hydrogens is 226 g/mol. The first-order chi connectivity index (χ1) is 7.43. The summed E-state index contributed by atoms with van der Waals surface area (Å²) in [4.78, 5) is 1.47. The van der Waals surface area contributed by atoms with Gasteiger partial charge in [0.05, 0.1) is 6.61 Å². The van der Waals surface area contributed by atoms with Crippen molar-refractivity contribution in [3.63, 3.8) is 0 Å². The summed E-state index contributed by atoms with van der Waals surface area (Å²) in [5.74, 6) is 2.27. The van der Waals surface area contributed by atoms with Crippen molar-refractivity contribution in [3.8, 4) is 0 Å². The van der Waals surface area contributed by atoms with Crippen LogP contribution in [-0.2, 0) is 11.2 Å². The predicted octanol–water partition coefficient (Wildman–Crippen LogP) is 2.26. The zero-order valence-corrected chi connectivity index (χ0v) is 10.8. The van der Waals surface area contributed by atoms with Crippen LogP contribution in [0, 0.1) is 0 Å². The van der Waals surface area contributed by atoms with Gasteiger partial charge in [-0.2, -0.15) is 11.8 Å². The topological polar surface area (TPSA) is 21.3 Å². The summed E-state index contributed by atoms with van der Waals surface area (Å²) in [5.41, 5.74) is 0. The zero-order chi connectivity index (χ0) is 10.8. The van der Waals surface area contributed by atoms with E-state index in [4.69, 9.17) is 4.74 Å². The van der Waals surface area contributed by atoms with Crippen molar-refractivity contribution in [2.24, 2.45) is 0 Å². The van der Waals surface area contributed by atoms with Crippen LogP contribution in [0.25, 0.3) is 0 Å². The van der Waals surface area contributed by atoms with Crippen molar-refractivity contribution >= 4 is 23.1 Å². The van der Waals surface area contributed by atoms with Gasteiger partial charge in [-0.1, -0.05) is 6.07 Å². The number of hydrogen-bond donors (Lipinski definition) is 1. The van der Waals surface area contributed by atoms with E-state index in [1.54, 1.807) is 7.11 Å². The van der Waals surface area contributed by atoms with Crippen LogP contribution in [0.3, 0.4) is 0 Å². The van der Waals surface area contributed by atoms with Gasteiger partial charge in [-0.3, -0.25) is 0 Å². The molecule has 0 spiro atoms. The molecule has 0 saturated carbocycles. The van der Waals surface area contributed by atoms with Gasteiger partial charge in [0.25, 0.3) is 0 Å². The number of hydrogen-bond acceptors (Lipinski definition) is 4. The normalized spacial score (nSPS) is 10.7. The lowest BCUT2D eigenvalue weighted by molar-refractivity contribution is 0.218. The minimum absolute atomic E-state index is 0.861. The molecule has 0 unspecified atom stereocenters. The second kappa shape index (κ2) is 9.21. The molecule has 0 atom stereocenters. The maximum atomic E-state index is 4.98. The first-order valence-corrected chi connectivity index (χ1v) is 7.26. The van der Waals surface area contributed by atoms with Gasteiger partial charge >= 0.3 is 0 Å². The highest BCUT2D eigenvalue weighted by Gasteiger charge is 1.93. The Balaban J connectivity index is 1.81. The molecular formula is C11H19NOS2. The Kier molecular flexibility index (Phi) is 8.01. The fourth-order valence-corrected chi connectivity index (χ4v) is 2.67. The molecule has 0 bridgehead atoms. The molecule has 0 saturated heterocycles. The fraction of sp³-hybridized carbons (Fsp3) is 0.636. The molecule has 0 fully saturated rings. The Labute approximate surface area is 100 Å². The largest absolute Gasteiger partial charge is 0.384 e. The molecule has 0 aliphatic carbocycles. The predicted molar refractivity (Wildman–Crippen MR) is 70.1 cm³/mol. The molecule has 1 aromatic heterocycles. The van der Waals surface area contributed by atoms with Gasteiger partial charge in [-0.15, -0.1) is 11.3 Å². The number of nitrogens with one attached hydrogen (secondary N) is 1. The molecule has 86 valence electrons. The first kappa shape index (κ1) is 13.0. The lowest BCUT2D eigenvalue weighted by Gasteiger charge is -2.03. The summed E-state index contributed by atoms with van der Waals surface area (Å²) in [6.45, 7) is 3.05. The van der Waals surface area contributed by atoms with Gasteiger partial charge in [0, 0.05) is 30.0 Å². The van der Waals surface area contributed by atoms with Crippen LogP contribution < -0.4 is 5.32 Å². The molecule has 1 rings (SSSR count). The number of methoxy groups -OCH3 is 1. The Hall–Kier alpha value is -0.0300. The average Bonchev–Trinajstić information content (AvgIpc) is 2.75. The van der Waals surface area contributed by atoms with Crippen molar-refractivity contribution in [1.82, 2.24) is 5.32 Å². The summed E-state index contributed by atoms with van der Waals surface area (Å²) < 4.78 is 4.98. The van der Waals surface area contributed by atoms with Crippen LogP contribution in [0.5, 0.6) is 0 Å². The SMILES string of the molecule is COCCSCCNCCc1cccs1. The van der Waals surface area contributed by atoms with E-state index in [2.05, 4.69) is 22.8 Å². The molecule has 1 N–H and O–H groups in total.